The molecule has 0 bridgehead atoms. The Kier molecular flexibility index (Phi) is 7.79. The summed E-state index contributed by atoms with van der Waals surface area (Å²) in [5.41, 5.74) is 1.08. The molecule has 0 radical (unpaired) electrons. The molecule has 1 rings (SSSR count). The summed E-state index contributed by atoms with van der Waals surface area (Å²) in [7, 11) is 1.58. The highest BCUT2D eigenvalue weighted by Gasteiger charge is 2.15. The Morgan fingerprint density at radius 3 is 2.62 bits per heavy atom. The number of hydrogen-bond acceptors (Lipinski definition) is 4. The number of nitrogens with zero attached hydrogens (tertiary/aromatic N) is 1. The molecule has 0 atom stereocenters. The van der Waals surface area contributed by atoms with Crippen molar-refractivity contribution < 1.29 is 19.4 Å². The summed E-state index contributed by atoms with van der Waals surface area (Å²) in [6.45, 7) is 5.24. The second-order valence-corrected chi connectivity index (χ2v) is 5.08. The largest absolute Gasteiger partial charge is 0.483 e. The summed E-state index contributed by atoms with van der Waals surface area (Å²) in [6, 6.07) is 7.72. The molecule has 0 heterocycles. The zero-order valence-electron chi connectivity index (χ0n) is 13.0. The van der Waals surface area contributed by atoms with Crippen molar-refractivity contribution in [3.8, 4) is 5.75 Å². The maximum atomic E-state index is 12.1. The molecule has 118 valence electrons. The second kappa shape index (κ2) is 9.37. The molecule has 0 aromatic heterocycles. The lowest BCUT2D eigenvalue weighted by Gasteiger charge is -2.22. The number of carbonyl (C=O) groups excluding carboxylic acids is 1. The Morgan fingerprint density at radius 2 is 2.00 bits per heavy atom. The number of aliphatic hydroxyl groups excluding tert-OH is 1. The van der Waals surface area contributed by atoms with E-state index in [0.29, 0.717) is 19.1 Å². The third kappa shape index (κ3) is 5.73. The number of hydrogen-bond donors (Lipinski definition) is 1. The number of carbonyl (C=O) groups is 1. The molecular weight excluding hydrogens is 270 g/mol. The molecule has 0 aliphatic rings. The molecule has 1 aromatic rings. The number of benzene rings is 1. The molecule has 0 unspecified atom stereocenters. The Morgan fingerprint density at radius 1 is 1.29 bits per heavy atom. The molecule has 21 heavy (non-hydrogen) atoms. The zero-order valence-corrected chi connectivity index (χ0v) is 13.0. The van der Waals surface area contributed by atoms with Gasteiger partial charge in [0, 0.05) is 20.2 Å². The van der Waals surface area contributed by atoms with E-state index >= 15 is 0 Å². The quantitative estimate of drug-likeness (QED) is 0.752. The fraction of sp³-hybridized carbons (Fsp3) is 0.562. The van der Waals surface area contributed by atoms with Crippen molar-refractivity contribution in [1.82, 2.24) is 4.90 Å². The molecule has 0 fully saturated rings. The van der Waals surface area contributed by atoms with Gasteiger partial charge in [0.1, 0.15) is 5.75 Å². The average Bonchev–Trinajstić information content (AvgIpc) is 2.49. The molecule has 0 aliphatic heterocycles. The predicted octanol–water partition coefficient (Wildman–Crippen LogP) is 1.66. The third-order valence-electron chi connectivity index (χ3n) is 3.18. The van der Waals surface area contributed by atoms with Crippen LogP contribution >= 0.6 is 0 Å². The van der Waals surface area contributed by atoms with Crippen LogP contribution in [0.3, 0.4) is 0 Å². The van der Waals surface area contributed by atoms with Crippen LogP contribution in [-0.4, -0.2) is 55.9 Å². The van der Waals surface area contributed by atoms with Crippen LogP contribution in [0.5, 0.6) is 5.75 Å². The number of rotatable bonds is 9. The van der Waals surface area contributed by atoms with Gasteiger partial charge in [0.15, 0.2) is 6.61 Å². The molecule has 1 N–H and O–H groups in total. The number of aliphatic hydroxyl groups is 1. The van der Waals surface area contributed by atoms with E-state index in [9.17, 15) is 4.79 Å². The van der Waals surface area contributed by atoms with Gasteiger partial charge in [0.2, 0.25) is 0 Å². The lowest BCUT2D eigenvalue weighted by atomic mass is 10.0. The summed E-state index contributed by atoms with van der Waals surface area (Å²) >= 11 is 0. The van der Waals surface area contributed by atoms with Gasteiger partial charge in [-0.05, 0) is 17.5 Å². The van der Waals surface area contributed by atoms with Crippen LogP contribution in [0.2, 0.25) is 0 Å². The first-order valence-corrected chi connectivity index (χ1v) is 7.19. The van der Waals surface area contributed by atoms with E-state index in [1.807, 2.05) is 24.3 Å². The first-order chi connectivity index (χ1) is 10.1. The van der Waals surface area contributed by atoms with Crippen LogP contribution in [0.4, 0.5) is 0 Å². The van der Waals surface area contributed by atoms with Crippen molar-refractivity contribution in [2.75, 3.05) is 40.0 Å². The van der Waals surface area contributed by atoms with Crippen molar-refractivity contribution in [2.45, 2.75) is 19.8 Å². The van der Waals surface area contributed by atoms with E-state index in [1.54, 1.807) is 12.0 Å². The standard InChI is InChI=1S/C16H25NO4/c1-13(2)14-6-4-5-7-15(14)21-12-16(19)17(8-10-18)9-11-20-3/h4-7,13,18H,8-12H2,1-3H3. The van der Waals surface area contributed by atoms with Gasteiger partial charge in [-0.2, -0.15) is 0 Å². The number of amides is 1. The van der Waals surface area contributed by atoms with Crippen LogP contribution in [0.1, 0.15) is 25.3 Å². The number of methoxy groups -OCH3 is 1. The van der Waals surface area contributed by atoms with E-state index in [-0.39, 0.29) is 25.7 Å². The number of para-hydroxylation sites is 1. The van der Waals surface area contributed by atoms with Crippen LogP contribution < -0.4 is 4.74 Å². The summed E-state index contributed by atoms with van der Waals surface area (Å²) in [6.07, 6.45) is 0. The predicted molar refractivity (Wildman–Crippen MR) is 81.6 cm³/mol. The molecule has 0 spiro atoms. The SMILES string of the molecule is COCCN(CCO)C(=O)COc1ccccc1C(C)C. The van der Waals surface area contributed by atoms with Gasteiger partial charge in [-0.1, -0.05) is 32.0 Å². The van der Waals surface area contributed by atoms with Gasteiger partial charge < -0.3 is 19.5 Å². The lowest BCUT2D eigenvalue weighted by Crippen LogP contribution is -2.39. The fourth-order valence-corrected chi connectivity index (χ4v) is 2.00. The first kappa shape index (κ1) is 17.5. The van der Waals surface area contributed by atoms with E-state index in [1.165, 1.54) is 0 Å². The molecule has 1 aromatic carbocycles. The van der Waals surface area contributed by atoms with E-state index in [0.717, 1.165) is 11.3 Å². The van der Waals surface area contributed by atoms with Crippen LogP contribution in [0.15, 0.2) is 24.3 Å². The van der Waals surface area contributed by atoms with Gasteiger partial charge in [0.25, 0.3) is 5.91 Å². The Bertz CT molecular complexity index is 434. The van der Waals surface area contributed by atoms with Gasteiger partial charge in [-0.3, -0.25) is 4.79 Å². The molecule has 0 saturated carbocycles. The Balaban J connectivity index is 2.62. The van der Waals surface area contributed by atoms with E-state index < -0.39 is 0 Å². The molecule has 5 nitrogen and oxygen atoms in total. The minimum absolute atomic E-state index is 0.0343. The van der Waals surface area contributed by atoms with Gasteiger partial charge in [-0.15, -0.1) is 0 Å². The summed E-state index contributed by atoms with van der Waals surface area (Å²) in [5.74, 6) is 0.912. The fourth-order valence-electron chi connectivity index (χ4n) is 2.00. The highest BCUT2D eigenvalue weighted by Crippen LogP contribution is 2.25. The van der Waals surface area contributed by atoms with Crippen molar-refractivity contribution in [3.63, 3.8) is 0 Å². The lowest BCUT2D eigenvalue weighted by molar-refractivity contribution is -0.134. The summed E-state index contributed by atoms with van der Waals surface area (Å²) in [4.78, 5) is 13.7. The normalized spacial score (nSPS) is 10.7. The van der Waals surface area contributed by atoms with Crippen molar-refractivity contribution in [3.05, 3.63) is 29.8 Å². The van der Waals surface area contributed by atoms with Crippen molar-refractivity contribution in [2.24, 2.45) is 0 Å². The molecule has 1 amide bonds. The highest BCUT2D eigenvalue weighted by atomic mass is 16.5. The molecule has 5 heteroatoms. The van der Waals surface area contributed by atoms with E-state index in [2.05, 4.69) is 13.8 Å². The smallest absolute Gasteiger partial charge is 0.260 e. The van der Waals surface area contributed by atoms with Crippen LogP contribution in [-0.2, 0) is 9.53 Å². The van der Waals surface area contributed by atoms with E-state index in [4.69, 9.17) is 14.6 Å². The average molecular weight is 295 g/mol. The van der Waals surface area contributed by atoms with Crippen molar-refractivity contribution in [1.29, 1.82) is 0 Å². The summed E-state index contributed by atoms with van der Waals surface area (Å²) in [5, 5.41) is 9.01. The van der Waals surface area contributed by atoms with Gasteiger partial charge in [0.05, 0.1) is 13.2 Å². The summed E-state index contributed by atoms with van der Waals surface area (Å²) < 4.78 is 10.6. The zero-order chi connectivity index (χ0) is 15.7. The van der Waals surface area contributed by atoms with Crippen LogP contribution in [0.25, 0.3) is 0 Å². The highest BCUT2D eigenvalue weighted by molar-refractivity contribution is 5.77. The third-order valence-corrected chi connectivity index (χ3v) is 3.18. The van der Waals surface area contributed by atoms with Crippen LogP contribution in [0, 0.1) is 0 Å². The Hall–Kier alpha value is -1.59. The minimum Gasteiger partial charge on any atom is -0.483 e. The van der Waals surface area contributed by atoms with Crippen molar-refractivity contribution >= 4 is 5.91 Å². The minimum atomic E-state index is -0.153. The maximum absolute atomic E-state index is 12.1. The molecule has 0 saturated heterocycles. The maximum Gasteiger partial charge on any atom is 0.260 e. The molecule has 0 aliphatic carbocycles. The van der Waals surface area contributed by atoms with Gasteiger partial charge in [-0.25, -0.2) is 0 Å². The Labute approximate surface area is 126 Å². The molecular formula is C16H25NO4. The monoisotopic (exact) mass is 295 g/mol. The van der Waals surface area contributed by atoms with Gasteiger partial charge >= 0.3 is 0 Å². The second-order valence-electron chi connectivity index (χ2n) is 5.08. The number of ether oxygens (including phenoxy) is 2. The first-order valence-electron chi connectivity index (χ1n) is 7.19. The topological polar surface area (TPSA) is 59.0 Å².